The number of ether oxygens (including phenoxy) is 2. The zero-order chi connectivity index (χ0) is 15.6. The molecule has 0 aromatic heterocycles. The predicted octanol–water partition coefficient (Wildman–Crippen LogP) is 1.04. The molecule has 2 aliphatic heterocycles. The Bertz CT molecular complexity index is 408. The fourth-order valence-corrected chi connectivity index (χ4v) is 2.79. The molecule has 0 bridgehead atoms. The number of urea groups is 1. The van der Waals surface area contributed by atoms with Crippen LogP contribution in [-0.2, 0) is 9.47 Å². The summed E-state index contributed by atoms with van der Waals surface area (Å²) in [7, 11) is 1.62. The zero-order valence-electron chi connectivity index (χ0n) is 13.2. The van der Waals surface area contributed by atoms with Crippen LogP contribution in [0.2, 0.25) is 0 Å². The third-order valence-electron chi connectivity index (χ3n) is 3.77. The van der Waals surface area contributed by atoms with Crippen molar-refractivity contribution in [1.29, 1.82) is 0 Å². The van der Waals surface area contributed by atoms with Crippen molar-refractivity contribution in [3.8, 4) is 0 Å². The molecule has 7 nitrogen and oxygen atoms in total. The maximum absolute atomic E-state index is 12.1. The Morgan fingerprint density at radius 1 is 1.33 bits per heavy atom. The van der Waals surface area contributed by atoms with Crippen LogP contribution in [0.3, 0.4) is 0 Å². The number of nitrogens with one attached hydrogen (secondary N) is 1. The number of hydrogen-bond acceptors (Lipinski definition) is 4. The van der Waals surface area contributed by atoms with E-state index in [4.69, 9.17) is 9.47 Å². The van der Waals surface area contributed by atoms with Crippen LogP contribution in [0.5, 0.6) is 0 Å². The molecular weight excluding hydrogens is 274 g/mol. The summed E-state index contributed by atoms with van der Waals surface area (Å²) >= 11 is 0. The Morgan fingerprint density at radius 3 is 2.57 bits per heavy atom. The molecule has 0 radical (unpaired) electrons. The number of amides is 3. The maximum atomic E-state index is 12.1. The molecule has 3 amide bonds. The lowest BCUT2D eigenvalue weighted by Gasteiger charge is -2.41. The fourth-order valence-electron chi connectivity index (χ4n) is 2.79. The maximum Gasteiger partial charge on any atom is 0.410 e. The van der Waals surface area contributed by atoms with E-state index in [1.54, 1.807) is 16.9 Å². The molecule has 0 aromatic carbocycles. The summed E-state index contributed by atoms with van der Waals surface area (Å²) in [6.07, 6.45) is 0.189. The molecule has 0 unspecified atom stereocenters. The smallest absolute Gasteiger partial charge is 0.410 e. The van der Waals surface area contributed by atoms with Crippen LogP contribution < -0.4 is 5.32 Å². The molecule has 2 rings (SSSR count). The summed E-state index contributed by atoms with van der Waals surface area (Å²) in [5.74, 6) is 0. The number of methoxy groups -OCH3 is 1. The first-order chi connectivity index (χ1) is 9.81. The second-order valence-electron chi connectivity index (χ2n) is 6.48. The molecule has 2 saturated heterocycles. The minimum absolute atomic E-state index is 0.0104. The number of carbonyl (C=O) groups is 2. The Hall–Kier alpha value is -1.50. The van der Waals surface area contributed by atoms with E-state index in [2.05, 4.69) is 5.32 Å². The van der Waals surface area contributed by atoms with E-state index < -0.39 is 5.60 Å². The molecular formula is C14H25N3O4. The standard InChI is InChI=1S/C14H25N3O4/c1-14(2,3)21-13(19)16-7-5-10(11(9-16)20-4)17-8-6-15-12(17)18/h10-11H,5-9H2,1-4H3,(H,15,18)/t10-,11-/m1/s1. The Kier molecular flexibility index (Phi) is 4.61. The van der Waals surface area contributed by atoms with Gasteiger partial charge in [-0.05, 0) is 27.2 Å². The fraction of sp³-hybridized carbons (Fsp3) is 0.857. The van der Waals surface area contributed by atoms with Crippen molar-refractivity contribution in [2.45, 2.75) is 44.9 Å². The van der Waals surface area contributed by atoms with Crippen LogP contribution in [0.25, 0.3) is 0 Å². The number of nitrogens with zero attached hydrogens (tertiary/aromatic N) is 2. The first kappa shape index (κ1) is 15.9. The Labute approximate surface area is 125 Å². The number of hydrogen-bond donors (Lipinski definition) is 1. The van der Waals surface area contributed by atoms with Crippen molar-refractivity contribution in [3.05, 3.63) is 0 Å². The first-order valence-electron chi connectivity index (χ1n) is 7.37. The van der Waals surface area contributed by atoms with Gasteiger partial charge in [0.2, 0.25) is 0 Å². The van der Waals surface area contributed by atoms with Crippen LogP contribution in [0.15, 0.2) is 0 Å². The van der Waals surface area contributed by atoms with E-state index in [9.17, 15) is 9.59 Å². The normalized spacial score (nSPS) is 26.8. The van der Waals surface area contributed by atoms with E-state index in [1.165, 1.54) is 0 Å². The quantitative estimate of drug-likeness (QED) is 0.827. The van der Waals surface area contributed by atoms with Gasteiger partial charge in [-0.2, -0.15) is 0 Å². The molecule has 0 saturated carbocycles. The molecule has 1 N–H and O–H groups in total. The molecule has 120 valence electrons. The minimum Gasteiger partial charge on any atom is -0.444 e. The highest BCUT2D eigenvalue weighted by Gasteiger charge is 2.39. The van der Waals surface area contributed by atoms with Gasteiger partial charge in [-0.1, -0.05) is 0 Å². The molecule has 2 atom stereocenters. The van der Waals surface area contributed by atoms with Crippen LogP contribution in [0.1, 0.15) is 27.2 Å². The monoisotopic (exact) mass is 299 g/mol. The summed E-state index contributed by atoms with van der Waals surface area (Å²) in [5, 5.41) is 2.80. The summed E-state index contributed by atoms with van der Waals surface area (Å²) in [4.78, 5) is 27.4. The van der Waals surface area contributed by atoms with Crippen molar-refractivity contribution in [3.63, 3.8) is 0 Å². The molecule has 0 aliphatic carbocycles. The molecule has 0 spiro atoms. The van der Waals surface area contributed by atoms with Gasteiger partial charge in [0.05, 0.1) is 18.7 Å². The van der Waals surface area contributed by atoms with Gasteiger partial charge in [-0.25, -0.2) is 9.59 Å². The number of rotatable bonds is 2. The van der Waals surface area contributed by atoms with Gasteiger partial charge in [0.25, 0.3) is 0 Å². The van der Waals surface area contributed by atoms with Crippen molar-refractivity contribution in [2.24, 2.45) is 0 Å². The average Bonchev–Trinajstić information content (AvgIpc) is 2.82. The SMILES string of the molecule is CO[C@@H]1CN(C(=O)OC(C)(C)C)CC[C@H]1N1CCNC1=O. The Morgan fingerprint density at radius 2 is 2.05 bits per heavy atom. The molecule has 2 aliphatic rings. The van der Waals surface area contributed by atoms with Crippen LogP contribution in [-0.4, -0.2) is 73.0 Å². The Balaban J connectivity index is 1.98. The van der Waals surface area contributed by atoms with Crippen LogP contribution in [0, 0.1) is 0 Å². The number of likely N-dealkylation sites (tertiary alicyclic amines) is 1. The lowest BCUT2D eigenvalue weighted by molar-refractivity contribution is -0.0343. The number of carbonyl (C=O) groups excluding carboxylic acids is 2. The number of piperidine rings is 1. The lowest BCUT2D eigenvalue weighted by Crippen LogP contribution is -2.57. The largest absolute Gasteiger partial charge is 0.444 e. The second-order valence-corrected chi connectivity index (χ2v) is 6.48. The van der Waals surface area contributed by atoms with E-state index in [0.29, 0.717) is 32.6 Å². The topological polar surface area (TPSA) is 71.1 Å². The van der Waals surface area contributed by atoms with Gasteiger partial charge in [0.15, 0.2) is 0 Å². The minimum atomic E-state index is -0.509. The lowest BCUT2D eigenvalue weighted by atomic mass is 10.0. The predicted molar refractivity (Wildman–Crippen MR) is 77.1 cm³/mol. The first-order valence-corrected chi connectivity index (χ1v) is 7.37. The van der Waals surface area contributed by atoms with Gasteiger partial charge in [-0.15, -0.1) is 0 Å². The highest BCUT2D eigenvalue weighted by molar-refractivity contribution is 5.76. The van der Waals surface area contributed by atoms with Crippen molar-refractivity contribution < 1.29 is 19.1 Å². The van der Waals surface area contributed by atoms with Crippen molar-refractivity contribution in [1.82, 2.24) is 15.1 Å². The van der Waals surface area contributed by atoms with Crippen LogP contribution >= 0.6 is 0 Å². The molecule has 21 heavy (non-hydrogen) atoms. The molecule has 2 heterocycles. The molecule has 7 heteroatoms. The summed E-state index contributed by atoms with van der Waals surface area (Å²) in [5.41, 5.74) is -0.509. The van der Waals surface area contributed by atoms with Gasteiger partial charge in [0.1, 0.15) is 5.60 Å². The van der Waals surface area contributed by atoms with E-state index in [0.717, 1.165) is 0 Å². The second kappa shape index (κ2) is 6.09. The van der Waals surface area contributed by atoms with Crippen LogP contribution in [0.4, 0.5) is 9.59 Å². The molecule has 2 fully saturated rings. The summed E-state index contributed by atoms with van der Waals surface area (Å²) in [6, 6.07) is -0.0380. The zero-order valence-corrected chi connectivity index (χ0v) is 13.2. The summed E-state index contributed by atoms with van der Waals surface area (Å²) in [6.45, 7) is 7.92. The highest BCUT2D eigenvalue weighted by atomic mass is 16.6. The third kappa shape index (κ3) is 3.78. The third-order valence-corrected chi connectivity index (χ3v) is 3.77. The van der Waals surface area contributed by atoms with Gasteiger partial charge >= 0.3 is 12.1 Å². The van der Waals surface area contributed by atoms with E-state index >= 15 is 0 Å². The molecule has 0 aromatic rings. The van der Waals surface area contributed by atoms with Gasteiger partial charge < -0.3 is 24.6 Å². The highest BCUT2D eigenvalue weighted by Crippen LogP contribution is 2.22. The van der Waals surface area contributed by atoms with Gasteiger partial charge in [0, 0.05) is 26.7 Å². The van der Waals surface area contributed by atoms with Crippen molar-refractivity contribution >= 4 is 12.1 Å². The average molecular weight is 299 g/mol. The van der Waals surface area contributed by atoms with E-state index in [-0.39, 0.29) is 24.3 Å². The summed E-state index contributed by atoms with van der Waals surface area (Å²) < 4.78 is 10.9. The van der Waals surface area contributed by atoms with E-state index in [1.807, 2.05) is 20.8 Å². The van der Waals surface area contributed by atoms with Gasteiger partial charge in [-0.3, -0.25) is 0 Å². The van der Waals surface area contributed by atoms with Crippen molar-refractivity contribution in [2.75, 3.05) is 33.3 Å².